The minimum atomic E-state index is -0.0400. The van der Waals surface area contributed by atoms with Crippen LogP contribution in [0.1, 0.15) is 10.4 Å². The minimum Gasteiger partial charge on any atom is -0.377 e. The highest BCUT2D eigenvalue weighted by Gasteiger charge is 2.09. The molecule has 1 aromatic heterocycles. The van der Waals surface area contributed by atoms with Crippen molar-refractivity contribution in [3.05, 3.63) is 42.2 Å². The van der Waals surface area contributed by atoms with E-state index in [4.69, 9.17) is 4.74 Å². The van der Waals surface area contributed by atoms with E-state index in [1.807, 2.05) is 24.3 Å². The first-order valence-electron chi connectivity index (χ1n) is 4.68. The fraction of sp³-hybridized carbons (Fsp3) is 0.167. The lowest BCUT2D eigenvalue weighted by atomic mass is 10.1. The van der Waals surface area contributed by atoms with Gasteiger partial charge >= 0.3 is 0 Å². The normalized spacial score (nSPS) is 10.5. The fourth-order valence-corrected chi connectivity index (χ4v) is 1.55. The quantitative estimate of drug-likeness (QED) is 0.713. The molecule has 3 nitrogen and oxygen atoms in total. The molecule has 0 fully saturated rings. The lowest BCUT2D eigenvalue weighted by molar-refractivity contribution is 0.0849. The van der Waals surface area contributed by atoms with Crippen molar-refractivity contribution in [1.82, 2.24) is 4.98 Å². The number of aromatic nitrogens is 1. The van der Waals surface area contributed by atoms with Gasteiger partial charge < -0.3 is 4.74 Å². The lowest BCUT2D eigenvalue weighted by Gasteiger charge is -2.03. The van der Waals surface area contributed by atoms with E-state index in [1.165, 1.54) is 7.11 Å². The Labute approximate surface area is 87.7 Å². The summed E-state index contributed by atoms with van der Waals surface area (Å²) in [7, 11) is 1.51. The molecule has 0 spiro atoms. The van der Waals surface area contributed by atoms with Crippen LogP contribution in [0.2, 0.25) is 0 Å². The van der Waals surface area contributed by atoms with Gasteiger partial charge in [0.1, 0.15) is 6.61 Å². The average molecular weight is 201 g/mol. The molecule has 0 atom stereocenters. The molecule has 0 aliphatic rings. The summed E-state index contributed by atoms with van der Waals surface area (Å²) < 4.78 is 4.83. The third-order valence-electron chi connectivity index (χ3n) is 2.24. The van der Waals surface area contributed by atoms with Crippen molar-refractivity contribution < 1.29 is 9.53 Å². The van der Waals surface area contributed by atoms with E-state index in [-0.39, 0.29) is 12.4 Å². The average Bonchev–Trinajstić information content (AvgIpc) is 2.28. The number of Topliss-reactive ketones (excluding diaryl/α,β-unsaturated/α-hetero) is 1. The molecule has 0 radical (unpaired) electrons. The van der Waals surface area contributed by atoms with E-state index in [1.54, 1.807) is 12.4 Å². The smallest absolute Gasteiger partial charge is 0.190 e. The number of pyridine rings is 1. The van der Waals surface area contributed by atoms with E-state index in [0.29, 0.717) is 5.56 Å². The number of nitrogens with zero attached hydrogens (tertiary/aromatic N) is 1. The number of carbonyl (C=O) groups is 1. The topological polar surface area (TPSA) is 39.2 Å². The molecule has 2 aromatic rings. The van der Waals surface area contributed by atoms with Gasteiger partial charge in [0.05, 0.1) is 0 Å². The maximum atomic E-state index is 11.7. The van der Waals surface area contributed by atoms with Crippen LogP contribution in [0.15, 0.2) is 36.7 Å². The molecular formula is C12H11NO2. The van der Waals surface area contributed by atoms with Crippen LogP contribution >= 0.6 is 0 Å². The van der Waals surface area contributed by atoms with Crippen molar-refractivity contribution >= 4 is 16.6 Å². The first-order valence-corrected chi connectivity index (χ1v) is 4.68. The third kappa shape index (κ3) is 1.87. The Hall–Kier alpha value is -1.74. The molecule has 1 aromatic carbocycles. The summed E-state index contributed by atoms with van der Waals surface area (Å²) in [4.78, 5) is 15.7. The van der Waals surface area contributed by atoms with Gasteiger partial charge in [-0.2, -0.15) is 0 Å². The van der Waals surface area contributed by atoms with Crippen LogP contribution in [-0.4, -0.2) is 24.5 Å². The van der Waals surface area contributed by atoms with Crippen molar-refractivity contribution in [2.45, 2.75) is 0 Å². The second kappa shape index (κ2) is 4.19. The van der Waals surface area contributed by atoms with Crippen LogP contribution in [0.25, 0.3) is 10.8 Å². The van der Waals surface area contributed by atoms with E-state index in [0.717, 1.165) is 10.8 Å². The summed E-state index contributed by atoms with van der Waals surface area (Å²) in [6.07, 6.45) is 3.34. The zero-order chi connectivity index (χ0) is 10.7. The Morgan fingerprint density at radius 2 is 2.13 bits per heavy atom. The minimum absolute atomic E-state index is 0.0400. The van der Waals surface area contributed by atoms with E-state index >= 15 is 0 Å². The molecule has 3 heteroatoms. The highest BCUT2D eigenvalue weighted by molar-refractivity contribution is 6.08. The largest absolute Gasteiger partial charge is 0.377 e. The molecule has 0 bridgehead atoms. The van der Waals surface area contributed by atoms with Gasteiger partial charge in [0.2, 0.25) is 0 Å². The van der Waals surface area contributed by atoms with Gasteiger partial charge in [-0.05, 0) is 5.39 Å². The molecule has 0 aliphatic carbocycles. The number of carbonyl (C=O) groups excluding carboxylic acids is 1. The maximum absolute atomic E-state index is 11.7. The number of fused-ring (bicyclic) bond motifs is 1. The van der Waals surface area contributed by atoms with Crippen LogP contribution in [0.5, 0.6) is 0 Å². The molecule has 15 heavy (non-hydrogen) atoms. The standard InChI is InChI=1S/C12H11NO2/c1-15-8-12(14)11-7-13-6-9-4-2-3-5-10(9)11/h2-7H,8H2,1H3. The lowest BCUT2D eigenvalue weighted by Crippen LogP contribution is -2.07. The SMILES string of the molecule is COCC(=O)c1cncc2ccccc12. The van der Waals surface area contributed by atoms with Gasteiger partial charge in [0.15, 0.2) is 5.78 Å². The van der Waals surface area contributed by atoms with E-state index < -0.39 is 0 Å². The molecule has 0 saturated carbocycles. The molecule has 0 amide bonds. The Bertz CT molecular complexity index is 488. The number of hydrogen-bond acceptors (Lipinski definition) is 3. The van der Waals surface area contributed by atoms with Crippen LogP contribution in [-0.2, 0) is 4.74 Å². The van der Waals surface area contributed by atoms with Crippen molar-refractivity contribution in [3.63, 3.8) is 0 Å². The molecular weight excluding hydrogens is 190 g/mol. The van der Waals surface area contributed by atoms with Crippen molar-refractivity contribution in [2.24, 2.45) is 0 Å². The summed E-state index contributed by atoms with van der Waals surface area (Å²) in [5.74, 6) is -0.0400. The third-order valence-corrected chi connectivity index (χ3v) is 2.24. The molecule has 76 valence electrons. The summed E-state index contributed by atoms with van der Waals surface area (Å²) >= 11 is 0. The number of methoxy groups -OCH3 is 1. The first kappa shape index (κ1) is 9.80. The summed E-state index contributed by atoms with van der Waals surface area (Å²) in [6.45, 7) is 0.0929. The fourth-order valence-electron chi connectivity index (χ4n) is 1.55. The van der Waals surface area contributed by atoms with Crippen LogP contribution in [0, 0.1) is 0 Å². The Balaban J connectivity index is 2.56. The van der Waals surface area contributed by atoms with Crippen LogP contribution in [0.4, 0.5) is 0 Å². The summed E-state index contributed by atoms with van der Waals surface area (Å²) in [5, 5.41) is 1.90. The number of ketones is 1. The van der Waals surface area contributed by atoms with Gasteiger partial charge in [0, 0.05) is 30.5 Å². The highest BCUT2D eigenvalue weighted by atomic mass is 16.5. The predicted molar refractivity (Wildman–Crippen MR) is 57.9 cm³/mol. The molecule has 0 saturated heterocycles. The van der Waals surface area contributed by atoms with Gasteiger partial charge in [-0.15, -0.1) is 0 Å². The number of ether oxygens (including phenoxy) is 1. The number of benzene rings is 1. The van der Waals surface area contributed by atoms with Crippen molar-refractivity contribution in [2.75, 3.05) is 13.7 Å². The zero-order valence-corrected chi connectivity index (χ0v) is 8.43. The summed E-state index contributed by atoms with van der Waals surface area (Å²) in [6, 6.07) is 7.69. The second-order valence-corrected chi connectivity index (χ2v) is 3.26. The molecule has 2 rings (SSSR count). The van der Waals surface area contributed by atoms with E-state index in [2.05, 4.69) is 4.98 Å². The molecule has 0 unspecified atom stereocenters. The second-order valence-electron chi connectivity index (χ2n) is 3.26. The van der Waals surface area contributed by atoms with Gasteiger partial charge in [-0.1, -0.05) is 24.3 Å². The van der Waals surface area contributed by atoms with Crippen LogP contribution < -0.4 is 0 Å². The maximum Gasteiger partial charge on any atom is 0.190 e. The van der Waals surface area contributed by atoms with Crippen LogP contribution in [0.3, 0.4) is 0 Å². The summed E-state index contributed by atoms with van der Waals surface area (Å²) in [5.41, 5.74) is 0.620. The Morgan fingerprint density at radius 1 is 1.33 bits per heavy atom. The molecule has 0 aliphatic heterocycles. The van der Waals surface area contributed by atoms with E-state index in [9.17, 15) is 4.79 Å². The van der Waals surface area contributed by atoms with Crippen molar-refractivity contribution in [3.8, 4) is 0 Å². The van der Waals surface area contributed by atoms with Crippen molar-refractivity contribution in [1.29, 1.82) is 0 Å². The Kier molecular flexibility index (Phi) is 2.74. The zero-order valence-electron chi connectivity index (χ0n) is 8.43. The van der Waals surface area contributed by atoms with Gasteiger partial charge in [0.25, 0.3) is 0 Å². The number of hydrogen-bond donors (Lipinski definition) is 0. The highest BCUT2D eigenvalue weighted by Crippen LogP contribution is 2.17. The van der Waals surface area contributed by atoms with Gasteiger partial charge in [-0.25, -0.2) is 0 Å². The Morgan fingerprint density at radius 3 is 2.93 bits per heavy atom. The monoisotopic (exact) mass is 201 g/mol. The molecule has 1 heterocycles. The van der Waals surface area contributed by atoms with Gasteiger partial charge in [-0.3, -0.25) is 9.78 Å². The predicted octanol–water partition coefficient (Wildman–Crippen LogP) is 2.06. The molecule has 0 N–H and O–H groups in total. The number of rotatable bonds is 3. The first-order chi connectivity index (χ1) is 7.33.